The van der Waals surface area contributed by atoms with Gasteiger partial charge in [-0.1, -0.05) is 47.0 Å². The van der Waals surface area contributed by atoms with Gasteiger partial charge in [-0.2, -0.15) is 0 Å². The second kappa shape index (κ2) is 4.45. The molecule has 0 aliphatic carbocycles. The third-order valence-electron chi connectivity index (χ3n) is 2.81. The first-order chi connectivity index (χ1) is 4.19. The third kappa shape index (κ3) is 3.62. The first-order valence-corrected chi connectivity index (χ1v) is 14.2. The number of hydrogen-bond acceptors (Lipinski definition) is 0. The summed E-state index contributed by atoms with van der Waals surface area (Å²) in [5.41, 5.74) is 0. The Hall–Kier alpha value is 1.21. The minimum atomic E-state index is -1.51. The van der Waals surface area contributed by atoms with Gasteiger partial charge in [0, 0.05) is 15.4 Å². The Morgan fingerprint density at radius 3 is 1.27 bits per heavy atom. The molecule has 0 rings (SSSR count). The van der Waals surface area contributed by atoms with Crippen molar-refractivity contribution in [2.75, 3.05) is 0 Å². The molecule has 5 heteroatoms. The Balaban J connectivity index is 0. The van der Waals surface area contributed by atoms with Crippen LogP contribution in [0.5, 0.6) is 0 Å². The van der Waals surface area contributed by atoms with E-state index in [9.17, 15) is 0 Å². The van der Waals surface area contributed by atoms with Crippen LogP contribution in [0.1, 0.15) is 0 Å². The second-order valence-corrected chi connectivity index (χ2v) is 28.5. The van der Waals surface area contributed by atoms with Crippen LogP contribution in [0.15, 0.2) is 0 Å². The molecule has 0 amide bonds. The fraction of sp³-hybridized carbons (Fsp3) is 1.00. The maximum Gasteiger partial charge on any atom is 1.00 e. The van der Waals surface area contributed by atoms with Crippen molar-refractivity contribution in [3.63, 3.8) is 0 Å². The predicted octanol–water partition coefficient (Wildman–Crippen LogP) is -0.133. The minimum absolute atomic E-state index is 0. The van der Waals surface area contributed by atoms with Crippen molar-refractivity contribution in [3.05, 3.63) is 5.40 Å². The monoisotopic (exact) mass is 196 g/mol. The molecular formula is C6H19LiNSi3. The van der Waals surface area contributed by atoms with Crippen LogP contribution in [-0.2, 0) is 0 Å². The number of hydrogen-bond donors (Lipinski definition) is 0. The van der Waals surface area contributed by atoms with Gasteiger partial charge in [-0.3, -0.25) is 0 Å². The topological polar surface area (TPSA) is 23.8 Å². The van der Waals surface area contributed by atoms with Crippen LogP contribution in [-0.4, -0.2) is 23.2 Å². The Morgan fingerprint density at radius 2 is 1.27 bits per heavy atom. The summed E-state index contributed by atoms with van der Waals surface area (Å²) in [4.78, 5) is 0. The summed E-state index contributed by atoms with van der Waals surface area (Å²) < 4.78 is 0. The minimum Gasteiger partial charge on any atom is -0.682 e. The van der Waals surface area contributed by atoms with Crippen LogP contribution >= 0.6 is 0 Å². The van der Waals surface area contributed by atoms with Crippen LogP contribution in [0.3, 0.4) is 0 Å². The van der Waals surface area contributed by atoms with Crippen LogP contribution in [0.25, 0.3) is 5.40 Å². The third-order valence-corrected chi connectivity index (χ3v) is 35.4. The summed E-state index contributed by atoms with van der Waals surface area (Å²) in [5.74, 6) is 0. The van der Waals surface area contributed by atoms with Crippen molar-refractivity contribution in [3.8, 4) is 0 Å². The van der Waals surface area contributed by atoms with Crippen LogP contribution in [0.2, 0.25) is 39.3 Å². The van der Waals surface area contributed by atoms with Gasteiger partial charge in [0.05, 0.1) is 0 Å². The van der Waals surface area contributed by atoms with Gasteiger partial charge in [0.15, 0.2) is 0 Å². The largest absolute Gasteiger partial charge is 1.00 e. The van der Waals surface area contributed by atoms with E-state index in [1.165, 1.54) is 0 Å². The van der Waals surface area contributed by atoms with Gasteiger partial charge >= 0.3 is 18.9 Å². The zero-order valence-corrected chi connectivity index (χ0v) is 12.0. The van der Waals surface area contributed by atoms with Gasteiger partial charge in [-0.15, -0.1) is 0 Å². The second-order valence-electron chi connectivity index (χ2n) is 4.25. The van der Waals surface area contributed by atoms with Gasteiger partial charge in [-0.05, 0) is 0 Å². The van der Waals surface area contributed by atoms with E-state index >= 15 is 0 Å². The SMILES string of the molecule is C[Si](C)[Si](C)(C)[Si](C)(C)[NH-].[Li+]. The quantitative estimate of drug-likeness (QED) is 0.550. The van der Waals surface area contributed by atoms with Crippen molar-refractivity contribution in [1.82, 2.24) is 0 Å². The molecule has 11 heavy (non-hydrogen) atoms. The number of nitrogens with one attached hydrogen (secondary N) is 1. The van der Waals surface area contributed by atoms with Crippen molar-refractivity contribution in [2.24, 2.45) is 0 Å². The molecule has 0 heterocycles. The molecule has 0 atom stereocenters. The molecule has 1 nitrogen and oxygen atoms in total. The van der Waals surface area contributed by atoms with Gasteiger partial charge in [-0.25, -0.2) is 0 Å². The van der Waals surface area contributed by atoms with Gasteiger partial charge < -0.3 is 5.40 Å². The standard InChI is InChI=1S/C6H19NSi3.Li/c1-8(2)10(5,6)9(3,4)7;/h7H,1-6H3;/q-1;+1. The molecule has 0 aliphatic heterocycles. The molecule has 1 radical (unpaired) electrons. The van der Waals surface area contributed by atoms with E-state index < -0.39 is 14.9 Å². The molecule has 1 N–H and O–H groups in total. The molecule has 0 spiro atoms. The average molecular weight is 196 g/mol. The maximum atomic E-state index is 8.09. The van der Waals surface area contributed by atoms with E-state index in [1.54, 1.807) is 0 Å². The molecule has 0 aliphatic rings. The summed E-state index contributed by atoms with van der Waals surface area (Å²) in [6.07, 6.45) is 0. The molecule has 0 bridgehead atoms. The molecule has 0 saturated carbocycles. The molecule has 0 aromatic heterocycles. The van der Waals surface area contributed by atoms with Crippen molar-refractivity contribution in [2.45, 2.75) is 39.3 Å². The first-order valence-electron chi connectivity index (χ1n) is 3.75. The normalized spacial score (nSPS) is 13.1. The van der Waals surface area contributed by atoms with E-state index in [-0.39, 0.29) is 27.2 Å². The van der Waals surface area contributed by atoms with E-state index in [0.717, 1.165) is 0 Å². The zero-order valence-electron chi connectivity index (χ0n) is 9.00. The van der Waals surface area contributed by atoms with Gasteiger partial charge in [0.25, 0.3) is 0 Å². The van der Waals surface area contributed by atoms with Crippen molar-refractivity contribution < 1.29 is 18.9 Å². The zero-order chi connectivity index (χ0) is 8.58. The molecule has 0 aromatic carbocycles. The molecule has 0 saturated heterocycles. The van der Waals surface area contributed by atoms with Crippen LogP contribution < -0.4 is 18.9 Å². The Bertz CT molecular complexity index is 119. The van der Waals surface area contributed by atoms with E-state index in [4.69, 9.17) is 5.40 Å². The van der Waals surface area contributed by atoms with E-state index in [2.05, 4.69) is 39.3 Å². The smallest absolute Gasteiger partial charge is 0.682 e. The van der Waals surface area contributed by atoms with Crippen LogP contribution in [0, 0.1) is 0 Å². The molecular weight excluding hydrogens is 177 g/mol. The van der Waals surface area contributed by atoms with Crippen molar-refractivity contribution >= 4 is 23.2 Å². The summed E-state index contributed by atoms with van der Waals surface area (Å²) in [7, 11) is -2.74. The average Bonchev–Trinajstić information content (AvgIpc) is 1.62. The first kappa shape index (κ1) is 14.7. The van der Waals surface area contributed by atoms with Gasteiger partial charge in [0.2, 0.25) is 0 Å². The van der Waals surface area contributed by atoms with Crippen LogP contribution in [0.4, 0.5) is 0 Å². The van der Waals surface area contributed by atoms with Crippen molar-refractivity contribution in [1.29, 1.82) is 0 Å². The van der Waals surface area contributed by atoms with E-state index in [1.807, 2.05) is 0 Å². The molecule has 0 unspecified atom stereocenters. The fourth-order valence-electron chi connectivity index (χ4n) is 0.625. The summed E-state index contributed by atoms with van der Waals surface area (Å²) in [5, 5.41) is 8.09. The summed E-state index contributed by atoms with van der Waals surface area (Å²) >= 11 is 0. The molecule has 61 valence electrons. The molecule has 0 fully saturated rings. The number of rotatable bonds is 2. The predicted molar refractivity (Wildman–Crippen MR) is 56.8 cm³/mol. The Kier molecular flexibility index (Phi) is 5.95. The Labute approximate surface area is 86.6 Å². The Morgan fingerprint density at radius 1 is 1.00 bits per heavy atom. The fourth-order valence-corrected chi connectivity index (χ4v) is 16.9. The summed E-state index contributed by atoms with van der Waals surface area (Å²) in [6.45, 7) is 14.0. The molecule has 0 aromatic rings. The summed E-state index contributed by atoms with van der Waals surface area (Å²) in [6, 6.07) is 0. The van der Waals surface area contributed by atoms with E-state index in [0.29, 0.717) is 0 Å². The maximum absolute atomic E-state index is 8.09. The van der Waals surface area contributed by atoms with Gasteiger partial charge in [0.1, 0.15) is 0 Å².